The van der Waals surface area contributed by atoms with Crippen LogP contribution in [-0.2, 0) is 9.53 Å². The number of nitrogens with one attached hydrogen (secondary N) is 1. The fourth-order valence-corrected chi connectivity index (χ4v) is 3.49. The number of amides is 1. The average Bonchev–Trinajstić information content (AvgIpc) is 2.69. The molecule has 1 aliphatic rings. The van der Waals surface area contributed by atoms with Gasteiger partial charge in [0.2, 0.25) is 6.41 Å². The Kier molecular flexibility index (Phi) is 20.7. The van der Waals surface area contributed by atoms with Gasteiger partial charge in [-0.3, -0.25) is 4.79 Å². The zero-order valence-corrected chi connectivity index (χ0v) is 19.5. The lowest BCUT2D eigenvalue weighted by Gasteiger charge is -2.36. The van der Waals surface area contributed by atoms with Crippen molar-refractivity contribution in [2.45, 2.75) is 130 Å². The van der Waals surface area contributed by atoms with E-state index in [1.165, 1.54) is 103 Å². The molecule has 1 saturated heterocycles. The molecule has 1 N–H and O–H groups in total. The summed E-state index contributed by atoms with van der Waals surface area (Å²) in [5.74, 6) is 0. The second-order valence-corrected chi connectivity index (χ2v) is 9.03. The van der Waals surface area contributed by atoms with E-state index in [1.807, 2.05) is 0 Å². The lowest BCUT2D eigenvalue weighted by Crippen LogP contribution is -2.38. The third-order valence-corrected chi connectivity index (χ3v) is 6.01. The molecule has 0 aromatic rings. The molecule has 0 radical (unpaired) electrons. The van der Waals surface area contributed by atoms with Gasteiger partial charge in [-0.2, -0.15) is 0 Å². The van der Waals surface area contributed by atoms with Crippen LogP contribution in [-0.4, -0.2) is 26.2 Å². The first-order valence-electron chi connectivity index (χ1n) is 12.4. The minimum absolute atomic E-state index is 0.542. The number of hydrogen-bond donors (Lipinski definition) is 1. The van der Waals surface area contributed by atoms with Gasteiger partial charge >= 0.3 is 0 Å². The van der Waals surface area contributed by atoms with Crippen molar-refractivity contribution in [3.8, 4) is 0 Å². The fourth-order valence-electron chi connectivity index (χ4n) is 3.49. The number of carbonyl (C=O) groups is 1. The highest BCUT2D eigenvalue weighted by molar-refractivity contribution is 5.45. The highest BCUT2D eigenvalue weighted by Gasteiger charge is 2.30. The molecule has 28 heavy (non-hydrogen) atoms. The van der Waals surface area contributed by atoms with Crippen molar-refractivity contribution in [2.75, 3.05) is 19.8 Å². The van der Waals surface area contributed by atoms with E-state index in [4.69, 9.17) is 4.74 Å². The van der Waals surface area contributed by atoms with E-state index in [1.54, 1.807) is 0 Å². The largest absolute Gasteiger partial charge is 0.380 e. The Morgan fingerprint density at radius 3 is 1.36 bits per heavy atom. The van der Waals surface area contributed by atoms with Crippen molar-refractivity contribution >= 4 is 6.41 Å². The van der Waals surface area contributed by atoms with Gasteiger partial charge in [0.1, 0.15) is 0 Å². The summed E-state index contributed by atoms with van der Waals surface area (Å²) >= 11 is 0. The van der Waals surface area contributed by atoms with Crippen molar-refractivity contribution in [3.05, 3.63) is 0 Å². The van der Waals surface area contributed by atoms with Gasteiger partial charge in [-0.05, 0) is 12.8 Å². The van der Waals surface area contributed by atoms with Crippen LogP contribution in [0.15, 0.2) is 0 Å². The second-order valence-electron chi connectivity index (χ2n) is 9.03. The first kappa shape index (κ1) is 27.4. The summed E-state index contributed by atoms with van der Waals surface area (Å²) in [6, 6.07) is 0. The molecule has 1 heterocycles. The maximum absolute atomic E-state index is 10.1. The van der Waals surface area contributed by atoms with Gasteiger partial charge in [-0.1, -0.05) is 117 Å². The maximum atomic E-state index is 10.1. The highest BCUT2D eigenvalue weighted by atomic mass is 16.5. The molecular formula is C25H51NO2. The van der Waals surface area contributed by atoms with Crippen LogP contribution in [0.3, 0.4) is 0 Å². The van der Waals surface area contributed by atoms with Crippen LogP contribution < -0.4 is 5.32 Å². The summed E-state index contributed by atoms with van der Waals surface area (Å²) in [5.41, 5.74) is 0.542. The smallest absolute Gasteiger partial charge is 0.207 e. The van der Waals surface area contributed by atoms with Crippen LogP contribution >= 0.6 is 0 Å². The molecular weight excluding hydrogens is 346 g/mol. The van der Waals surface area contributed by atoms with Crippen molar-refractivity contribution < 1.29 is 9.53 Å². The third-order valence-electron chi connectivity index (χ3n) is 6.01. The van der Waals surface area contributed by atoms with Crippen LogP contribution in [0.25, 0.3) is 0 Å². The SMILES string of the molecule is CCC1(C)COC1.CCCCCCCCCCCCCCCCCCNC=O. The Bertz CT molecular complexity index is 310. The predicted octanol–water partition coefficient (Wildman–Crippen LogP) is 7.43. The molecule has 0 aliphatic carbocycles. The summed E-state index contributed by atoms with van der Waals surface area (Å²) in [7, 11) is 0. The number of ether oxygens (including phenoxy) is 1. The molecule has 0 aromatic heterocycles. The maximum Gasteiger partial charge on any atom is 0.207 e. The zero-order chi connectivity index (χ0) is 20.8. The normalized spacial score (nSPS) is 14.7. The Morgan fingerprint density at radius 1 is 0.714 bits per heavy atom. The van der Waals surface area contributed by atoms with Gasteiger partial charge in [-0.15, -0.1) is 0 Å². The fraction of sp³-hybridized carbons (Fsp3) is 0.960. The molecule has 0 spiro atoms. The Balaban J connectivity index is 0.000000861. The first-order valence-corrected chi connectivity index (χ1v) is 12.4. The molecule has 3 heteroatoms. The molecule has 1 amide bonds. The summed E-state index contributed by atoms with van der Waals surface area (Å²) < 4.78 is 5.03. The number of carbonyl (C=O) groups excluding carboxylic acids is 1. The Labute approximate surface area is 176 Å². The standard InChI is InChI=1S/C19H39NO.C6H12O/c1-2-3-4-5-6-7-8-9-10-11-12-13-14-15-16-17-18-20-19-21;1-3-6(2)4-7-5-6/h19H,2-18H2,1H3,(H,20,21);3-5H2,1-2H3. The van der Waals surface area contributed by atoms with Gasteiger partial charge in [0.15, 0.2) is 0 Å². The average molecular weight is 398 g/mol. The molecule has 0 aromatic carbocycles. The molecule has 168 valence electrons. The monoisotopic (exact) mass is 397 g/mol. The van der Waals surface area contributed by atoms with Crippen molar-refractivity contribution in [1.29, 1.82) is 0 Å². The molecule has 0 saturated carbocycles. The molecule has 1 fully saturated rings. The van der Waals surface area contributed by atoms with Crippen LogP contribution in [0, 0.1) is 5.41 Å². The number of unbranched alkanes of at least 4 members (excludes halogenated alkanes) is 15. The van der Waals surface area contributed by atoms with E-state index in [-0.39, 0.29) is 0 Å². The molecule has 0 bridgehead atoms. The summed E-state index contributed by atoms with van der Waals surface area (Å²) in [6.07, 6.45) is 24.4. The van der Waals surface area contributed by atoms with Gasteiger partial charge < -0.3 is 10.1 Å². The van der Waals surface area contributed by atoms with Gasteiger partial charge in [-0.25, -0.2) is 0 Å². The van der Waals surface area contributed by atoms with Gasteiger partial charge in [0, 0.05) is 12.0 Å². The van der Waals surface area contributed by atoms with E-state index in [0.717, 1.165) is 32.6 Å². The highest BCUT2D eigenvalue weighted by Crippen LogP contribution is 2.29. The molecule has 0 unspecified atom stereocenters. The van der Waals surface area contributed by atoms with Crippen LogP contribution in [0.5, 0.6) is 0 Å². The molecule has 1 aliphatic heterocycles. The summed E-state index contributed by atoms with van der Waals surface area (Å²) in [5, 5.41) is 2.72. The molecule has 0 atom stereocenters. The van der Waals surface area contributed by atoms with Crippen molar-refractivity contribution in [1.82, 2.24) is 5.32 Å². The van der Waals surface area contributed by atoms with E-state index in [9.17, 15) is 4.79 Å². The van der Waals surface area contributed by atoms with Crippen LogP contribution in [0.4, 0.5) is 0 Å². The quantitative estimate of drug-likeness (QED) is 0.182. The number of rotatable bonds is 19. The lowest BCUT2D eigenvalue weighted by atomic mass is 9.86. The topological polar surface area (TPSA) is 38.3 Å². The van der Waals surface area contributed by atoms with E-state index in [0.29, 0.717) is 5.41 Å². The zero-order valence-electron chi connectivity index (χ0n) is 19.5. The van der Waals surface area contributed by atoms with Gasteiger partial charge in [0.05, 0.1) is 13.2 Å². The van der Waals surface area contributed by atoms with Crippen molar-refractivity contribution in [2.24, 2.45) is 5.41 Å². The van der Waals surface area contributed by atoms with Crippen molar-refractivity contribution in [3.63, 3.8) is 0 Å². The van der Waals surface area contributed by atoms with E-state index >= 15 is 0 Å². The molecule has 1 rings (SSSR count). The lowest BCUT2D eigenvalue weighted by molar-refractivity contribution is -0.109. The first-order chi connectivity index (χ1) is 13.7. The Morgan fingerprint density at radius 2 is 1.11 bits per heavy atom. The second kappa shape index (κ2) is 21.1. The third kappa shape index (κ3) is 18.8. The van der Waals surface area contributed by atoms with Crippen LogP contribution in [0.1, 0.15) is 130 Å². The van der Waals surface area contributed by atoms with E-state index < -0.39 is 0 Å². The number of hydrogen-bond acceptors (Lipinski definition) is 2. The Hall–Kier alpha value is -0.570. The minimum atomic E-state index is 0.542. The van der Waals surface area contributed by atoms with E-state index in [2.05, 4.69) is 26.1 Å². The summed E-state index contributed by atoms with van der Waals surface area (Å²) in [4.78, 5) is 10.1. The minimum Gasteiger partial charge on any atom is -0.380 e. The summed E-state index contributed by atoms with van der Waals surface area (Å²) in [6.45, 7) is 9.55. The predicted molar refractivity (Wildman–Crippen MR) is 123 cm³/mol. The molecule has 3 nitrogen and oxygen atoms in total. The van der Waals surface area contributed by atoms with Crippen LogP contribution in [0.2, 0.25) is 0 Å². The van der Waals surface area contributed by atoms with Gasteiger partial charge in [0.25, 0.3) is 0 Å².